The molecule has 1 rings (SSSR count). The Labute approximate surface area is 160 Å². The largest absolute Gasteiger partial charge is 0.491 e. The maximum atomic E-state index is 13.3. The van der Waals surface area contributed by atoms with Crippen molar-refractivity contribution in [3.05, 3.63) is 29.8 Å². The molecule has 0 aliphatic heterocycles. The summed E-state index contributed by atoms with van der Waals surface area (Å²) in [6, 6.07) is 2.49. The maximum Gasteiger partial charge on any atom is 0.408 e. The lowest BCUT2D eigenvalue weighted by Crippen LogP contribution is -2.46. The van der Waals surface area contributed by atoms with Crippen LogP contribution in [-0.2, 0) is 9.47 Å². The number of rotatable bonds is 9. The number of nitrogens with one attached hydrogen (secondary N) is 1. The minimum absolute atomic E-state index is 0.0222. The summed E-state index contributed by atoms with van der Waals surface area (Å²) in [5.74, 6) is -1.11. The molecular formula is C20H31F2NO4. The highest BCUT2D eigenvalue weighted by atomic mass is 19.1. The Morgan fingerprint density at radius 3 is 2.15 bits per heavy atom. The van der Waals surface area contributed by atoms with Crippen LogP contribution in [0.4, 0.5) is 13.6 Å². The van der Waals surface area contributed by atoms with Crippen molar-refractivity contribution in [3.8, 4) is 5.75 Å². The Morgan fingerprint density at radius 1 is 1.04 bits per heavy atom. The van der Waals surface area contributed by atoms with Gasteiger partial charge in [0.05, 0.1) is 12.6 Å². The molecule has 154 valence electrons. The summed E-state index contributed by atoms with van der Waals surface area (Å²) in [5.41, 5.74) is -0.640. The van der Waals surface area contributed by atoms with E-state index in [9.17, 15) is 13.6 Å². The van der Waals surface area contributed by atoms with Gasteiger partial charge in [0.2, 0.25) is 0 Å². The van der Waals surface area contributed by atoms with Gasteiger partial charge in [0, 0.05) is 30.7 Å². The topological polar surface area (TPSA) is 56.8 Å². The number of hydrogen-bond acceptors (Lipinski definition) is 4. The van der Waals surface area contributed by atoms with Crippen LogP contribution in [0.1, 0.15) is 41.5 Å². The molecule has 0 aliphatic rings. The fourth-order valence-electron chi connectivity index (χ4n) is 2.21. The van der Waals surface area contributed by atoms with Crippen LogP contribution in [0, 0.1) is 23.5 Å². The van der Waals surface area contributed by atoms with E-state index in [0.29, 0.717) is 19.1 Å². The van der Waals surface area contributed by atoms with Gasteiger partial charge in [-0.15, -0.1) is 0 Å². The molecule has 27 heavy (non-hydrogen) atoms. The summed E-state index contributed by atoms with van der Waals surface area (Å²) in [5, 5.41) is 2.76. The number of hydrogen-bond donors (Lipinski definition) is 1. The fourth-order valence-corrected chi connectivity index (χ4v) is 2.21. The molecule has 1 amide bonds. The molecule has 2 atom stereocenters. The van der Waals surface area contributed by atoms with Gasteiger partial charge in [0.25, 0.3) is 0 Å². The van der Waals surface area contributed by atoms with E-state index in [1.807, 2.05) is 20.8 Å². The van der Waals surface area contributed by atoms with Gasteiger partial charge in [0.15, 0.2) is 0 Å². The second kappa shape index (κ2) is 10.4. The zero-order chi connectivity index (χ0) is 20.6. The highest BCUT2D eigenvalue weighted by molar-refractivity contribution is 5.68. The molecule has 0 aromatic heterocycles. The molecule has 0 saturated heterocycles. The van der Waals surface area contributed by atoms with Crippen molar-refractivity contribution < 1.29 is 27.8 Å². The maximum absolute atomic E-state index is 13.3. The number of amides is 1. The summed E-state index contributed by atoms with van der Waals surface area (Å²) >= 11 is 0. The molecule has 0 radical (unpaired) electrons. The summed E-state index contributed by atoms with van der Waals surface area (Å²) in [4.78, 5) is 12.1. The quantitative estimate of drug-likeness (QED) is 0.676. The molecule has 1 aromatic rings. The van der Waals surface area contributed by atoms with Gasteiger partial charge >= 0.3 is 6.09 Å². The summed E-state index contributed by atoms with van der Waals surface area (Å²) in [6.45, 7) is 12.3. The van der Waals surface area contributed by atoms with Crippen LogP contribution in [0.25, 0.3) is 0 Å². The second-order valence-electron chi connectivity index (χ2n) is 8.08. The van der Waals surface area contributed by atoms with Gasteiger partial charge in [-0.25, -0.2) is 13.6 Å². The molecule has 0 bridgehead atoms. The van der Waals surface area contributed by atoms with E-state index < -0.39 is 29.4 Å². The first-order valence-corrected chi connectivity index (χ1v) is 9.12. The van der Waals surface area contributed by atoms with E-state index in [1.165, 1.54) is 0 Å². The lowest BCUT2D eigenvalue weighted by atomic mass is 10.0. The highest BCUT2D eigenvalue weighted by Crippen LogP contribution is 2.17. The van der Waals surface area contributed by atoms with E-state index >= 15 is 0 Å². The summed E-state index contributed by atoms with van der Waals surface area (Å²) < 4.78 is 43.1. The molecule has 0 fully saturated rings. The zero-order valence-corrected chi connectivity index (χ0v) is 17.0. The van der Waals surface area contributed by atoms with Crippen molar-refractivity contribution in [2.45, 2.75) is 53.2 Å². The van der Waals surface area contributed by atoms with Crippen LogP contribution in [0.2, 0.25) is 0 Å². The van der Waals surface area contributed by atoms with Crippen molar-refractivity contribution in [2.75, 3.05) is 19.8 Å². The molecule has 0 spiro atoms. The van der Waals surface area contributed by atoms with Crippen LogP contribution < -0.4 is 10.1 Å². The molecule has 2 unspecified atom stereocenters. The van der Waals surface area contributed by atoms with Crippen LogP contribution >= 0.6 is 0 Å². The first kappa shape index (κ1) is 23.1. The van der Waals surface area contributed by atoms with E-state index in [1.54, 1.807) is 20.8 Å². The van der Waals surface area contributed by atoms with Crippen LogP contribution in [0.15, 0.2) is 18.2 Å². The number of halogens is 2. The number of alkyl carbamates (subject to hydrolysis) is 1. The molecule has 0 aliphatic carbocycles. The number of carbonyl (C=O) groups excluding carboxylic acids is 1. The van der Waals surface area contributed by atoms with Crippen molar-refractivity contribution >= 4 is 6.09 Å². The third-order valence-electron chi connectivity index (χ3n) is 3.49. The van der Waals surface area contributed by atoms with Gasteiger partial charge < -0.3 is 19.5 Å². The monoisotopic (exact) mass is 387 g/mol. The summed E-state index contributed by atoms with van der Waals surface area (Å²) in [7, 11) is 0. The first-order chi connectivity index (χ1) is 12.5. The third-order valence-corrected chi connectivity index (χ3v) is 3.49. The average molecular weight is 387 g/mol. The highest BCUT2D eigenvalue weighted by Gasteiger charge is 2.24. The molecule has 5 nitrogen and oxygen atoms in total. The van der Waals surface area contributed by atoms with E-state index in [2.05, 4.69) is 5.32 Å². The van der Waals surface area contributed by atoms with Gasteiger partial charge in [-0.1, -0.05) is 20.8 Å². The predicted octanol–water partition coefficient (Wildman–Crippen LogP) is 4.55. The predicted molar refractivity (Wildman–Crippen MR) is 99.8 cm³/mol. The lowest BCUT2D eigenvalue weighted by molar-refractivity contribution is 0.0371. The minimum atomic E-state index is -0.727. The Balaban J connectivity index is 2.74. The molecular weight excluding hydrogens is 356 g/mol. The Hall–Kier alpha value is -1.89. The lowest BCUT2D eigenvalue weighted by Gasteiger charge is -2.27. The summed E-state index contributed by atoms with van der Waals surface area (Å²) in [6.07, 6.45) is -0.586. The molecule has 1 aromatic carbocycles. The number of ether oxygens (including phenoxy) is 3. The minimum Gasteiger partial charge on any atom is -0.491 e. The molecule has 1 N–H and O–H groups in total. The van der Waals surface area contributed by atoms with Crippen molar-refractivity contribution in [1.82, 2.24) is 5.32 Å². The first-order valence-electron chi connectivity index (χ1n) is 9.12. The van der Waals surface area contributed by atoms with Crippen molar-refractivity contribution in [3.63, 3.8) is 0 Å². The van der Waals surface area contributed by atoms with Crippen molar-refractivity contribution in [1.29, 1.82) is 0 Å². The zero-order valence-electron chi connectivity index (χ0n) is 17.0. The second-order valence-corrected chi connectivity index (χ2v) is 8.08. The van der Waals surface area contributed by atoms with Crippen LogP contribution in [0.5, 0.6) is 5.75 Å². The van der Waals surface area contributed by atoms with E-state index in [0.717, 1.165) is 18.2 Å². The molecule has 0 saturated carbocycles. The van der Waals surface area contributed by atoms with Crippen LogP contribution in [-0.4, -0.2) is 37.6 Å². The Kier molecular flexibility index (Phi) is 8.96. The number of benzene rings is 1. The third kappa shape index (κ3) is 10.1. The number of carbonyl (C=O) groups is 1. The van der Waals surface area contributed by atoms with E-state index in [-0.39, 0.29) is 18.3 Å². The smallest absolute Gasteiger partial charge is 0.408 e. The normalized spacial score (nSPS) is 14.0. The average Bonchev–Trinajstić information content (AvgIpc) is 2.48. The van der Waals surface area contributed by atoms with Gasteiger partial charge in [0.1, 0.15) is 29.6 Å². The standard InChI is InChI=1S/C20H31F2NO4/c1-13(2)10-25-11-14(3)18(23-19(24)27-20(4,5)6)12-26-17-8-15(21)7-16(22)9-17/h7-9,13-14,18H,10-12H2,1-6H3,(H,23,24). The fraction of sp³-hybridized carbons (Fsp3) is 0.650. The van der Waals surface area contributed by atoms with Gasteiger partial charge in [-0.3, -0.25) is 0 Å². The van der Waals surface area contributed by atoms with Crippen molar-refractivity contribution in [2.24, 2.45) is 11.8 Å². The van der Waals surface area contributed by atoms with Crippen LogP contribution in [0.3, 0.4) is 0 Å². The Morgan fingerprint density at radius 2 is 1.63 bits per heavy atom. The molecule has 0 heterocycles. The SMILES string of the molecule is CC(C)COCC(C)C(COc1cc(F)cc(F)c1)NC(=O)OC(C)(C)C. The Bertz CT molecular complexity index is 582. The van der Waals surface area contributed by atoms with Gasteiger partial charge in [-0.2, -0.15) is 0 Å². The van der Waals surface area contributed by atoms with Gasteiger partial charge in [-0.05, 0) is 26.7 Å². The molecule has 7 heteroatoms. The van der Waals surface area contributed by atoms with E-state index in [4.69, 9.17) is 14.2 Å².